The molecule has 0 bridgehead atoms. The number of nitrogens with one attached hydrogen (secondary N) is 2. The lowest BCUT2D eigenvalue weighted by Gasteiger charge is -2.19. The van der Waals surface area contributed by atoms with Gasteiger partial charge in [0.25, 0.3) is 0 Å². The topological polar surface area (TPSA) is 93.8 Å². The fraction of sp³-hybridized carbons (Fsp3) is 0.200. The van der Waals surface area contributed by atoms with Crippen molar-refractivity contribution < 1.29 is 9.59 Å². The average Bonchev–Trinajstić information content (AvgIpc) is 3.54. The Morgan fingerprint density at radius 2 is 1.76 bits per heavy atom. The van der Waals surface area contributed by atoms with Gasteiger partial charge in [0.05, 0.1) is 30.0 Å². The lowest BCUT2D eigenvalue weighted by atomic mass is 10.0. The fourth-order valence-electron chi connectivity index (χ4n) is 3.47. The highest BCUT2D eigenvalue weighted by Crippen LogP contribution is 2.19. The predicted molar refractivity (Wildman–Crippen MR) is 132 cm³/mol. The first kappa shape index (κ1) is 23.3. The Balaban J connectivity index is 1.29. The summed E-state index contributed by atoms with van der Waals surface area (Å²) in [5, 5.41) is 10.1. The number of nitrogens with zero attached hydrogens (tertiary/aromatic N) is 4. The van der Waals surface area contributed by atoms with E-state index in [0.29, 0.717) is 11.4 Å². The summed E-state index contributed by atoms with van der Waals surface area (Å²) in [6.45, 7) is 0.793. The van der Waals surface area contributed by atoms with E-state index >= 15 is 0 Å². The number of carbonyl (C=O) groups is 2. The number of hydrogen-bond acceptors (Lipinski definition) is 5. The average molecular weight is 475 g/mol. The lowest BCUT2D eigenvalue weighted by molar-refractivity contribution is -0.122. The Morgan fingerprint density at radius 3 is 2.50 bits per heavy atom. The molecule has 9 heteroatoms. The van der Waals surface area contributed by atoms with Gasteiger partial charge in [0, 0.05) is 30.0 Å². The SMILES string of the molecule is O=C(CSc1ccccc1)Nc1cnn(CC(=O)N[C@@H](CCn2ccnc2)c2ccccc2)c1. The van der Waals surface area contributed by atoms with Gasteiger partial charge in [0.2, 0.25) is 11.8 Å². The van der Waals surface area contributed by atoms with Crippen LogP contribution in [0, 0.1) is 0 Å². The van der Waals surface area contributed by atoms with Crippen molar-refractivity contribution in [3.8, 4) is 0 Å². The molecule has 0 saturated heterocycles. The van der Waals surface area contributed by atoms with Crippen LogP contribution in [0.5, 0.6) is 0 Å². The number of carbonyl (C=O) groups excluding carboxylic acids is 2. The number of rotatable bonds is 11. The summed E-state index contributed by atoms with van der Waals surface area (Å²) in [6.07, 6.45) is 9.35. The number of thioether (sulfide) groups is 1. The van der Waals surface area contributed by atoms with Crippen molar-refractivity contribution in [3.05, 3.63) is 97.3 Å². The molecule has 0 unspecified atom stereocenters. The first-order valence-electron chi connectivity index (χ1n) is 11.0. The van der Waals surface area contributed by atoms with Gasteiger partial charge in [-0.1, -0.05) is 48.5 Å². The number of aryl methyl sites for hydroxylation is 1. The second kappa shape index (κ2) is 11.9. The van der Waals surface area contributed by atoms with Gasteiger partial charge in [0.1, 0.15) is 6.54 Å². The van der Waals surface area contributed by atoms with E-state index < -0.39 is 0 Å². The number of imidazole rings is 1. The largest absolute Gasteiger partial charge is 0.348 e. The molecule has 1 atom stereocenters. The molecule has 0 aliphatic heterocycles. The molecule has 2 heterocycles. The first-order chi connectivity index (χ1) is 16.7. The van der Waals surface area contributed by atoms with E-state index in [1.165, 1.54) is 16.4 Å². The number of amides is 2. The number of benzene rings is 2. The minimum atomic E-state index is -0.153. The summed E-state index contributed by atoms with van der Waals surface area (Å²) in [4.78, 5) is 30.1. The molecule has 4 rings (SSSR count). The molecule has 0 saturated carbocycles. The standard InChI is InChI=1S/C25H26N6O2S/c32-24(29-23(20-7-3-1-4-8-20)11-13-30-14-12-26-19-30)17-31-16-21(15-27-31)28-25(33)18-34-22-9-5-2-6-10-22/h1-10,12,14-16,19,23H,11,13,17-18H2,(H,28,33)(H,29,32)/t23-/m0/s1. The zero-order valence-corrected chi connectivity index (χ0v) is 19.4. The minimum Gasteiger partial charge on any atom is -0.348 e. The van der Waals surface area contributed by atoms with Crippen molar-refractivity contribution in [1.82, 2.24) is 24.6 Å². The van der Waals surface area contributed by atoms with Gasteiger partial charge >= 0.3 is 0 Å². The highest BCUT2D eigenvalue weighted by molar-refractivity contribution is 8.00. The van der Waals surface area contributed by atoms with Crippen molar-refractivity contribution in [2.24, 2.45) is 0 Å². The highest BCUT2D eigenvalue weighted by atomic mass is 32.2. The van der Waals surface area contributed by atoms with Crippen molar-refractivity contribution in [1.29, 1.82) is 0 Å². The van der Waals surface area contributed by atoms with Crippen molar-refractivity contribution in [3.63, 3.8) is 0 Å². The second-order valence-corrected chi connectivity index (χ2v) is 8.75. The fourth-order valence-corrected chi connectivity index (χ4v) is 4.19. The van der Waals surface area contributed by atoms with Crippen LogP contribution in [-0.2, 0) is 22.7 Å². The summed E-state index contributed by atoms with van der Waals surface area (Å²) in [6, 6.07) is 19.5. The van der Waals surface area contributed by atoms with Crippen LogP contribution in [0.2, 0.25) is 0 Å². The molecule has 0 aliphatic rings. The third-order valence-electron chi connectivity index (χ3n) is 5.11. The summed E-state index contributed by atoms with van der Waals surface area (Å²) >= 11 is 1.46. The van der Waals surface area contributed by atoms with E-state index in [2.05, 4.69) is 20.7 Å². The van der Waals surface area contributed by atoms with Crippen LogP contribution in [0.4, 0.5) is 5.69 Å². The molecule has 0 spiro atoms. The summed E-state index contributed by atoms with van der Waals surface area (Å²) in [5.41, 5.74) is 1.60. The maximum atomic E-state index is 12.8. The molecule has 34 heavy (non-hydrogen) atoms. The molecular formula is C25H26N6O2S. The Hall–Kier alpha value is -3.85. The molecule has 174 valence electrons. The quantitative estimate of drug-likeness (QED) is 0.323. The van der Waals surface area contributed by atoms with Gasteiger partial charge in [0.15, 0.2) is 0 Å². The van der Waals surface area contributed by atoms with E-state index in [9.17, 15) is 9.59 Å². The maximum Gasteiger partial charge on any atom is 0.242 e. The van der Waals surface area contributed by atoms with E-state index in [0.717, 1.165) is 23.4 Å². The van der Waals surface area contributed by atoms with E-state index in [4.69, 9.17) is 0 Å². The maximum absolute atomic E-state index is 12.8. The Bertz CT molecular complexity index is 1180. The predicted octanol–water partition coefficient (Wildman–Crippen LogP) is 3.76. The van der Waals surface area contributed by atoms with Crippen LogP contribution in [0.1, 0.15) is 18.0 Å². The van der Waals surface area contributed by atoms with Crippen LogP contribution < -0.4 is 10.6 Å². The van der Waals surface area contributed by atoms with Gasteiger partial charge in [-0.25, -0.2) is 4.98 Å². The molecule has 0 radical (unpaired) electrons. The molecule has 2 aromatic carbocycles. The monoisotopic (exact) mass is 474 g/mol. The van der Waals surface area contributed by atoms with Crippen LogP contribution in [0.25, 0.3) is 0 Å². The van der Waals surface area contributed by atoms with Gasteiger partial charge in [-0.2, -0.15) is 5.10 Å². The number of aromatic nitrogens is 4. The van der Waals surface area contributed by atoms with Gasteiger partial charge < -0.3 is 15.2 Å². The molecule has 2 N–H and O–H groups in total. The zero-order chi connectivity index (χ0) is 23.6. The summed E-state index contributed by atoms with van der Waals surface area (Å²) in [5.74, 6) is 0.0207. The van der Waals surface area contributed by atoms with Crippen molar-refractivity contribution in [2.75, 3.05) is 11.1 Å². The van der Waals surface area contributed by atoms with E-state index in [1.54, 1.807) is 24.9 Å². The van der Waals surface area contributed by atoms with E-state index in [-0.39, 0.29) is 24.4 Å². The van der Waals surface area contributed by atoms with Gasteiger partial charge in [-0.3, -0.25) is 14.3 Å². The van der Waals surface area contributed by atoms with Gasteiger partial charge in [-0.05, 0) is 24.1 Å². The second-order valence-electron chi connectivity index (χ2n) is 7.70. The zero-order valence-electron chi connectivity index (χ0n) is 18.6. The Kier molecular flexibility index (Phi) is 8.13. The smallest absolute Gasteiger partial charge is 0.242 e. The molecule has 2 aromatic heterocycles. The highest BCUT2D eigenvalue weighted by Gasteiger charge is 2.16. The van der Waals surface area contributed by atoms with Crippen molar-refractivity contribution in [2.45, 2.75) is 30.4 Å². The van der Waals surface area contributed by atoms with Crippen LogP contribution in [0.3, 0.4) is 0 Å². The third kappa shape index (κ3) is 7.08. The van der Waals surface area contributed by atoms with Crippen LogP contribution in [0.15, 0.2) is 96.7 Å². The number of hydrogen-bond donors (Lipinski definition) is 2. The Labute approximate surface area is 202 Å². The minimum absolute atomic E-state index is 0.0586. The number of anilines is 1. The normalized spacial score (nSPS) is 11.6. The Morgan fingerprint density at radius 1 is 1.00 bits per heavy atom. The van der Waals surface area contributed by atoms with Crippen molar-refractivity contribution >= 4 is 29.3 Å². The first-order valence-corrected chi connectivity index (χ1v) is 11.9. The van der Waals surface area contributed by atoms with Crippen LogP contribution in [-0.4, -0.2) is 36.9 Å². The lowest BCUT2D eigenvalue weighted by Crippen LogP contribution is -2.32. The molecule has 0 aliphatic carbocycles. The third-order valence-corrected chi connectivity index (χ3v) is 6.12. The molecular weight excluding hydrogens is 448 g/mol. The van der Waals surface area contributed by atoms with E-state index in [1.807, 2.05) is 71.4 Å². The molecule has 0 fully saturated rings. The molecule has 8 nitrogen and oxygen atoms in total. The molecule has 4 aromatic rings. The van der Waals surface area contributed by atoms with Gasteiger partial charge in [-0.15, -0.1) is 11.8 Å². The summed E-state index contributed by atoms with van der Waals surface area (Å²) < 4.78 is 3.51. The van der Waals surface area contributed by atoms with Crippen LogP contribution >= 0.6 is 11.8 Å². The summed E-state index contributed by atoms with van der Waals surface area (Å²) in [7, 11) is 0. The molecule has 2 amide bonds.